The minimum Gasteiger partial charge on any atom is -0.338 e. The molecule has 0 radical (unpaired) electrons. The highest BCUT2D eigenvalue weighted by molar-refractivity contribution is 5.94. The zero-order valence-corrected chi connectivity index (χ0v) is 13.3. The molecule has 0 aromatic carbocycles. The zero-order chi connectivity index (χ0) is 16.4. The molecule has 4 rings (SSSR count). The second-order valence-corrected chi connectivity index (χ2v) is 6.13. The third-order valence-corrected chi connectivity index (χ3v) is 4.56. The van der Waals surface area contributed by atoms with Crippen LogP contribution < -0.4 is 0 Å². The van der Waals surface area contributed by atoms with Gasteiger partial charge in [-0.05, 0) is 43.2 Å². The Balaban J connectivity index is 1.56. The summed E-state index contributed by atoms with van der Waals surface area (Å²) in [6, 6.07) is 9.52. The van der Waals surface area contributed by atoms with Crippen LogP contribution in [0.15, 0.2) is 55.1 Å². The molecule has 1 atom stereocenters. The van der Waals surface area contributed by atoms with Crippen molar-refractivity contribution in [3.63, 3.8) is 0 Å². The van der Waals surface area contributed by atoms with Gasteiger partial charge in [-0.25, -0.2) is 0 Å². The van der Waals surface area contributed by atoms with Crippen LogP contribution in [0.3, 0.4) is 0 Å². The first kappa shape index (κ1) is 14.8. The van der Waals surface area contributed by atoms with Crippen LogP contribution >= 0.6 is 0 Å². The summed E-state index contributed by atoms with van der Waals surface area (Å²) in [5.74, 6) is 0.331. The highest BCUT2D eigenvalue weighted by atomic mass is 16.2. The maximum absolute atomic E-state index is 12.7. The summed E-state index contributed by atoms with van der Waals surface area (Å²) < 4.78 is 0. The van der Waals surface area contributed by atoms with Gasteiger partial charge in [0.25, 0.3) is 5.91 Å². The molecule has 0 spiro atoms. The lowest BCUT2D eigenvalue weighted by atomic mass is 9.93. The van der Waals surface area contributed by atoms with E-state index < -0.39 is 0 Å². The van der Waals surface area contributed by atoms with E-state index in [2.05, 4.69) is 21.0 Å². The van der Waals surface area contributed by atoms with E-state index in [0.717, 1.165) is 36.0 Å². The highest BCUT2D eigenvalue weighted by Crippen LogP contribution is 2.27. The van der Waals surface area contributed by atoms with E-state index in [1.54, 1.807) is 30.7 Å². The Kier molecular flexibility index (Phi) is 3.91. The molecule has 3 aromatic rings. The number of aromatic nitrogens is 3. The second-order valence-electron chi connectivity index (χ2n) is 6.13. The fourth-order valence-electron chi connectivity index (χ4n) is 3.28. The van der Waals surface area contributed by atoms with Crippen LogP contribution in [0.25, 0.3) is 10.9 Å². The van der Waals surface area contributed by atoms with E-state index in [1.165, 1.54) is 0 Å². The second kappa shape index (κ2) is 6.35. The Labute approximate surface area is 140 Å². The van der Waals surface area contributed by atoms with Crippen molar-refractivity contribution in [1.82, 2.24) is 19.9 Å². The number of rotatable bonds is 2. The van der Waals surface area contributed by atoms with Crippen LogP contribution in [0.4, 0.5) is 0 Å². The fourth-order valence-corrected chi connectivity index (χ4v) is 3.28. The normalized spacial score (nSPS) is 17.8. The van der Waals surface area contributed by atoms with E-state index >= 15 is 0 Å². The third kappa shape index (κ3) is 2.85. The highest BCUT2D eigenvalue weighted by Gasteiger charge is 2.26. The van der Waals surface area contributed by atoms with Gasteiger partial charge in [0.2, 0.25) is 0 Å². The Morgan fingerprint density at radius 1 is 1.12 bits per heavy atom. The predicted octanol–water partition coefficient (Wildman–Crippen LogP) is 3.04. The molecular weight excluding hydrogens is 300 g/mol. The number of piperidine rings is 1. The largest absolute Gasteiger partial charge is 0.338 e. The first-order valence-electron chi connectivity index (χ1n) is 8.21. The summed E-state index contributed by atoms with van der Waals surface area (Å²) in [7, 11) is 0. The molecule has 1 amide bonds. The number of amides is 1. The monoisotopic (exact) mass is 318 g/mol. The topological polar surface area (TPSA) is 59.0 Å². The van der Waals surface area contributed by atoms with E-state index in [1.807, 2.05) is 23.2 Å². The minimum atomic E-state index is 0.0704. The Morgan fingerprint density at radius 2 is 2.00 bits per heavy atom. The van der Waals surface area contributed by atoms with Gasteiger partial charge in [0, 0.05) is 60.4 Å². The molecule has 1 saturated heterocycles. The molecule has 0 N–H and O–H groups in total. The van der Waals surface area contributed by atoms with Crippen LogP contribution in [-0.2, 0) is 0 Å². The number of nitrogens with zero attached hydrogens (tertiary/aromatic N) is 4. The van der Waals surface area contributed by atoms with E-state index in [9.17, 15) is 4.79 Å². The average molecular weight is 318 g/mol. The molecule has 0 aliphatic carbocycles. The summed E-state index contributed by atoms with van der Waals surface area (Å²) in [6.45, 7) is 1.50. The van der Waals surface area contributed by atoms with Crippen molar-refractivity contribution < 1.29 is 4.79 Å². The van der Waals surface area contributed by atoms with Crippen LogP contribution in [0.2, 0.25) is 0 Å². The first-order valence-corrected chi connectivity index (χ1v) is 8.21. The van der Waals surface area contributed by atoms with Crippen LogP contribution in [0, 0.1) is 0 Å². The molecule has 1 aliphatic heterocycles. The van der Waals surface area contributed by atoms with Gasteiger partial charge in [-0.3, -0.25) is 19.7 Å². The number of carbonyl (C=O) groups excluding carboxylic acids is 1. The molecule has 0 unspecified atom stereocenters. The van der Waals surface area contributed by atoms with Gasteiger partial charge in [-0.1, -0.05) is 0 Å². The lowest BCUT2D eigenvalue weighted by molar-refractivity contribution is 0.0706. The van der Waals surface area contributed by atoms with Crippen molar-refractivity contribution in [2.75, 3.05) is 13.1 Å². The molecule has 120 valence electrons. The number of pyridine rings is 3. The van der Waals surface area contributed by atoms with Gasteiger partial charge in [0.15, 0.2) is 0 Å². The molecule has 1 fully saturated rings. The fraction of sp³-hybridized carbons (Fsp3) is 0.263. The minimum absolute atomic E-state index is 0.0704. The van der Waals surface area contributed by atoms with Crippen LogP contribution in [0.1, 0.15) is 34.8 Å². The average Bonchev–Trinajstić information content (AvgIpc) is 2.68. The molecule has 24 heavy (non-hydrogen) atoms. The third-order valence-electron chi connectivity index (χ3n) is 4.56. The quantitative estimate of drug-likeness (QED) is 0.728. The molecule has 1 aliphatic rings. The van der Waals surface area contributed by atoms with Gasteiger partial charge < -0.3 is 4.90 Å². The smallest absolute Gasteiger partial charge is 0.253 e. The van der Waals surface area contributed by atoms with Gasteiger partial charge in [-0.2, -0.15) is 0 Å². The summed E-state index contributed by atoms with van der Waals surface area (Å²) in [5, 5.41) is 1.04. The van der Waals surface area contributed by atoms with E-state index in [-0.39, 0.29) is 11.8 Å². The molecule has 0 bridgehead atoms. The number of hydrogen-bond donors (Lipinski definition) is 0. The summed E-state index contributed by atoms with van der Waals surface area (Å²) >= 11 is 0. The van der Waals surface area contributed by atoms with Crippen LogP contribution in [-0.4, -0.2) is 38.8 Å². The maximum atomic E-state index is 12.7. The summed E-state index contributed by atoms with van der Waals surface area (Å²) in [4.78, 5) is 27.6. The van der Waals surface area contributed by atoms with Crippen molar-refractivity contribution in [2.45, 2.75) is 18.8 Å². The molecular formula is C19H18N4O. The number of hydrogen-bond acceptors (Lipinski definition) is 4. The van der Waals surface area contributed by atoms with E-state index in [0.29, 0.717) is 12.1 Å². The zero-order valence-electron chi connectivity index (χ0n) is 13.3. The van der Waals surface area contributed by atoms with Crippen molar-refractivity contribution in [3.05, 3.63) is 66.4 Å². The number of likely N-dealkylation sites (tertiary alicyclic amines) is 1. The Hall–Kier alpha value is -2.82. The van der Waals surface area contributed by atoms with Crippen molar-refractivity contribution in [3.8, 4) is 0 Å². The first-order chi connectivity index (χ1) is 11.8. The Bertz CT molecular complexity index is 865. The predicted molar refractivity (Wildman–Crippen MR) is 91.7 cm³/mol. The molecule has 3 aromatic heterocycles. The molecule has 5 nitrogen and oxygen atoms in total. The SMILES string of the molecule is O=C(c1ccncc1)N1CCC[C@H](c2cc3ncccc3cn2)C1. The van der Waals surface area contributed by atoms with E-state index in [4.69, 9.17) is 0 Å². The summed E-state index contributed by atoms with van der Waals surface area (Å²) in [5.41, 5.74) is 2.67. The lowest BCUT2D eigenvalue weighted by Crippen LogP contribution is -2.39. The standard InChI is InChI=1S/C19H18N4O/c24-19(14-5-8-20-9-6-14)23-10-2-4-16(13-23)18-11-17-15(12-22-18)3-1-7-21-17/h1,3,5-9,11-12,16H,2,4,10,13H2/t16-/m0/s1. The van der Waals surface area contributed by atoms with Crippen LogP contribution in [0.5, 0.6) is 0 Å². The lowest BCUT2D eigenvalue weighted by Gasteiger charge is -2.32. The number of fused-ring (bicyclic) bond motifs is 1. The van der Waals surface area contributed by atoms with Gasteiger partial charge >= 0.3 is 0 Å². The maximum Gasteiger partial charge on any atom is 0.253 e. The van der Waals surface area contributed by atoms with Crippen molar-refractivity contribution in [2.24, 2.45) is 0 Å². The Morgan fingerprint density at radius 3 is 2.88 bits per heavy atom. The molecule has 5 heteroatoms. The van der Waals surface area contributed by atoms with Gasteiger partial charge in [0.1, 0.15) is 0 Å². The summed E-state index contributed by atoms with van der Waals surface area (Å²) in [6.07, 6.45) is 9.03. The number of carbonyl (C=O) groups is 1. The molecule has 4 heterocycles. The van der Waals surface area contributed by atoms with Crippen molar-refractivity contribution in [1.29, 1.82) is 0 Å². The molecule has 0 saturated carbocycles. The van der Waals surface area contributed by atoms with Crippen molar-refractivity contribution >= 4 is 16.8 Å². The van der Waals surface area contributed by atoms with Gasteiger partial charge in [-0.15, -0.1) is 0 Å². The van der Waals surface area contributed by atoms with Gasteiger partial charge in [0.05, 0.1) is 5.52 Å².